The molecule has 0 atom stereocenters. The maximum atomic E-state index is 12.5. The summed E-state index contributed by atoms with van der Waals surface area (Å²) >= 11 is 0. The van der Waals surface area contributed by atoms with Crippen LogP contribution in [0.25, 0.3) is 0 Å². The molecule has 112 valence electrons. The van der Waals surface area contributed by atoms with Crippen molar-refractivity contribution in [1.29, 1.82) is 0 Å². The van der Waals surface area contributed by atoms with Gasteiger partial charge in [0, 0.05) is 13.1 Å². The molecule has 1 fully saturated rings. The van der Waals surface area contributed by atoms with E-state index in [1.54, 1.807) is 0 Å². The van der Waals surface area contributed by atoms with Crippen LogP contribution in [-0.2, 0) is 4.79 Å². The Labute approximate surface area is 118 Å². The molecule has 1 saturated carbocycles. The minimum atomic E-state index is -0.281. The van der Waals surface area contributed by atoms with E-state index in [4.69, 9.17) is 5.73 Å². The smallest absolute Gasteiger partial charge is 0.227 e. The number of carbonyl (C=O) groups is 1. The second-order valence-electron chi connectivity index (χ2n) is 6.91. The molecular weight excluding hydrogens is 236 g/mol. The number of rotatable bonds is 6. The average molecular weight is 268 g/mol. The van der Waals surface area contributed by atoms with E-state index >= 15 is 0 Å². The fourth-order valence-electron chi connectivity index (χ4n) is 3.39. The van der Waals surface area contributed by atoms with E-state index in [2.05, 4.69) is 33.0 Å². The Hall–Kier alpha value is -0.570. The molecule has 1 amide bonds. The predicted octanol–water partition coefficient (Wildman–Crippen LogP) is 2.94. The molecule has 1 aliphatic carbocycles. The van der Waals surface area contributed by atoms with Crippen molar-refractivity contribution in [2.24, 2.45) is 28.9 Å². The van der Waals surface area contributed by atoms with Gasteiger partial charge in [-0.05, 0) is 30.6 Å². The normalized spacial score (nSPS) is 19.2. The summed E-state index contributed by atoms with van der Waals surface area (Å²) in [5.41, 5.74) is 5.62. The molecule has 3 nitrogen and oxygen atoms in total. The number of amides is 1. The van der Waals surface area contributed by atoms with Crippen LogP contribution in [0.5, 0.6) is 0 Å². The molecule has 3 N–H and O–H groups in total. The van der Waals surface area contributed by atoms with Crippen molar-refractivity contribution in [2.45, 2.75) is 59.8 Å². The first kappa shape index (κ1) is 16.5. The minimum absolute atomic E-state index is 0.195. The third kappa shape index (κ3) is 4.20. The van der Waals surface area contributed by atoms with Gasteiger partial charge in [0.2, 0.25) is 5.91 Å². The van der Waals surface area contributed by atoms with Crippen molar-refractivity contribution in [2.75, 3.05) is 13.1 Å². The van der Waals surface area contributed by atoms with Crippen LogP contribution in [0, 0.1) is 23.2 Å². The number of carbonyl (C=O) groups excluding carboxylic acids is 1. The average Bonchev–Trinajstić information content (AvgIpc) is 2.38. The van der Waals surface area contributed by atoms with Crippen molar-refractivity contribution >= 4 is 5.91 Å². The van der Waals surface area contributed by atoms with Crippen LogP contribution < -0.4 is 11.1 Å². The van der Waals surface area contributed by atoms with Crippen LogP contribution in [0.4, 0.5) is 0 Å². The molecule has 0 bridgehead atoms. The lowest BCUT2D eigenvalue weighted by Crippen LogP contribution is -2.48. The van der Waals surface area contributed by atoms with Gasteiger partial charge in [0.1, 0.15) is 0 Å². The molecule has 0 aromatic heterocycles. The Bertz CT molecular complexity index is 272. The second-order valence-corrected chi connectivity index (χ2v) is 6.91. The molecule has 0 aliphatic heterocycles. The zero-order valence-electron chi connectivity index (χ0n) is 13.2. The number of nitrogens with one attached hydrogen (secondary N) is 1. The highest BCUT2D eigenvalue weighted by Crippen LogP contribution is 2.35. The van der Waals surface area contributed by atoms with E-state index in [-0.39, 0.29) is 11.3 Å². The standard InChI is InChI=1S/C16H32N2O/c1-12(2)14(13(3)4)10-18-15(19)16(11-17)8-6-5-7-9-16/h12-14H,5-11,17H2,1-4H3,(H,18,19). The van der Waals surface area contributed by atoms with Crippen LogP contribution in [0.1, 0.15) is 59.8 Å². The lowest BCUT2D eigenvalue weighted by atomic mass is 9.73. The van der Waals surface area contributed by atoms with Crippen molar-refractivity contribution in [3.8, 4) is 0 Å². The lowest BCUT2D eigenvalue weighted by Gasteiger charge is -2.35. The topological polar surface area (TPSA) is 55.1 Å². The molecule has 0 unspecified atom stereocenters. The molecule has 0 aromatic carbocycles. The number of hydrogen-bond donors (Lipinski definition) is 2. The first-order valence-corrected chi connectivity index (χ1v) is 7.91. The third-order valence-electron chi connectivity index (χ3n) is 4.89. The van der Waals surface area contributed by atoms with Gasteiger partial charge in [-0.15, -0.1) is 0 Å². The van der Waals surface area contributed by atoms with Gasteiger partial charge in [0.05, 0.1) is 5.41 Å². The van der Waals surface area contributed by atoms with Gasteiger partial charge in [-0.3, -0.25) is 4.79 Å². The monoisotopic (exact) mass is 268 g/mol. The lowest BCUT2D eigenvalue weighted by molar-refractivity contribution is -0.132. The Morgan fingerprint density at radius 1 is 1.11 bits per heavy atom. The summed E-state index contributed by atoms with van der Waals surface area (Å²) in [5, 5.41) is 3.19. The second kappa shape index (κ2) is 7.28. The van der Waals surface area contributed by atoms with Crippen molar-refractivity contribution in [3.63, 3.8) is 0 Å². The van der Waals surface area contributed by atoms with Gasteiger partial charge in [0.15, 0.2) is 0 Å². The van der Waals surface area contributed by atoms with E-state index in [1.807, 2.05) is 0 Å². The molecule has 0 aromatic rings. The Balaban J connectivity index is 2.57. The van der Waals surface area contributed by atoms with Crippen molar-refractivity contribution < 1.29 is 4.79 Å². The summed E-state index contributed by atoms with van der Waals surface area (Å²) < 4.78 is 0. The largest absolute Gasteiger partial charge is 0.355 e. The van der Waals surface area contributed by atoms with E-state index < -0.39 is 0 Å². The van der Waals surface area contributed by atoms with Gasteiger partial charge < -0.3 is 11.1 Å². The zero-order valence-corrected chi connectivity index (χ0v) is 13.2. The van der Waals surface area contributed by atoms with Gasteiger partial charge in [-0.2, -0.15) is 0 Å². The zero-order chi connectivity index (χ0) is 14.5. The summed E-state index contributed by atoms with van der Waals surface area (Å²) in [6.07, 6.45) is 5.45. The van der Waals surface area contributed by atoms with Crippen LogP contribution in [-0.4, -0.2) is 19.0 Å². The molecule has 1 aliphatic rings. The van der Waals surface area contributed by atoms with Gasteiger partial charge in [0.25, 0.3) is 0 Å². The van der Waals surface area contributed by atoms with Crippen LogP contribution in [0.15, 0.2) is 0 Å². The van der Waals surface area contributed by atoms with Gasteiger partial charge in [-0.1, -0.05) is 47.0 Å². The van der Waals surface area contributed by atoms with Crippen molar-refractivity contribution in [3.05, 3.63) is 0 Å². The number of hydrogen-bond acceptors (Lipinski definition) is 2. The summed E-state index contributed by atoms with van der Waals surface area (Å²) in [6.45, 7) is 10.2. The first-order chi connectivity index (χ1) is 8.93. The maximum Gasteiger partial charge on any atom is 0.227 e. The highest BCUT2D eigenvalue weighted by molar-refractivity contribution is 5.83. The fourth-order valence-corrected chi connectivity index (χ4v) is 3.39. The molecule has 0 saturated heterocycles. The number of nitrogens with two attached hydrogens (primary N) is 1. The summed E-state index contributed by atoms with van der Waals surface area (Å²) in [4.78, 5) is 12.5. The molecule has 0 heterocycles. The molecule has 0 radical (unpaired) electrons. The Morgan fingerprint density at radius 3 is 2.05 bits per heavy atom. The maximum absolute atomic E-state index is 12.5. The fraction of sp³-hybridized carbons (Fsp3) is 0.938. The van der Waals surface area contributed by atoms with E-state index in [0.29, 0.717) is 24.3 Å². The molecule has 3 heteroatoms. The van der Waals surface area contributed by atoms with Crippen LogP contribution >= 0.6 is 0 Å². The molecule has 19 heavy (non-hydrogen) atoms. The Kier molecular flexibility index (Phi) is 6.31. The Morgan fingerprint density at radius 2 is 1.63 bits per heavy atom. The summed E-state index contributed by atoms with van der Waals surface area (Å²) in [7, 11) is 0. The third-order valence-corrected chi connectivity index (χ3v) is 4.89. The summed E-state index contributed by atoms with van der Waals surface area (Å²) in [6, 6.07) is 0. The molecule has 0 spiro atoms. The highest BCUT2D eigenvalue weighted by Gasteiger charge is 2.38. The minimum Gasteiger partial charge on any atom is -0.355 e. The van der Waals surface area contributed by atoms with Crippen molar-refractivity contribution in [1.82, 2.24) is 5.32 Å². The van der Waals surface area contributed by atoms with E-state index in [9.17, 15) is 4.79 Å². The van der Waals surface area contributed by atoms with Gasteiger partial charge in [-0.25, -0.2) is 0 Å². The molecule has 1 rings (SSSR count). The predicted molar refractivity (Wildman–Crippen MR) is 80.7 cm³/mol. The van der Waals surface area contributed by atoms with Gasteiger partial charge >= 0.3 is 0 Å². The first-order valence-electron chi connectivity index (χ1n) is 7.91. The van der Waals surface area contributed by atoms with E-state index in [1.165, 1.54) is 6.42 Å². The van der Waals surface area contributed by atoms with Crippen LogP contribution in [0.2, 0.25) is 0 Å². The van der Waals surface area contributed by atoms with E-state index in [0.717, 1.165) is 32.2 Å². The quantitative estimate of drug-likeness (QED) is 0.778. The SMILES string of the molecule is CC(C)C(CNC(=O)C1(CN)CCCCC1)C(C)C. The summed E-state index contributed by atoms with van der Waals surface area (Å²) in [5.74, 6) is 1.93. The highest BCUT2D eigenvalue weighted by atomic mass is 16.2. The van der Waals surface area contributed by atoms with Crippen LogP contribution in [0.3, 0.4) is 0 Å². The molecular formula is C16H32N2O.